The summed E-state index contributed by atoms with van der Waals surface area (Å²) in [5, 5.41) is 0. The molecule has 6 nitrogen and oxygen atoms in total. The lowest BCUT2D eigenvalue weighted by Crippen LogP contribution is -2.39. The molecule has 0 spiro atoms. The van der Waals surface area contributed by atoms with Crippen LogP contribution in [0.4, 0.5) is 5.69 Å². The van der Waals surface area contributed by atoms with Crippen molar-refractivity contribution in [1.29, 1.82) is 0 Å². The fourth-order valence-corrected chi connectivity index (χ4v) is 3.21. The van der Waals surface area contributed by atoms with Gasteiger partial charge in [-0.15, -0.1) is 0 Å². The number of carbonyl (C=O) groups is 2. The van der Waals surface area contributed by atoms with Gasteiger partial charge < -0.3 is 14.2 Å². The molecule has 0 saturated carbocycles. The molecule has 2 aromatic rings. The predicted octanol–water partition coefficient (Wildman–Crippen LogP) is 4.88. The molecule has 0 aromatic heterocycles. The average molecular weight is 393 g/mol. The van der Waals surface area contributed by atoms with E-state index in [1.54, 1.807) is 37.3 Å². The largest absolute Gasteiger partial charge is 0.489 e. The zero-order valence-electron chi connectivity index (χ0n) is 16.6. The SMILES string of the molecule is [C-]#[N+]c1ccc(COc2ccc3c(c2)C(=O)CC(C)(CCC(=O)OCC)O3)cc1. The van der Waals surface area contributed by atoms with Crippen molar-refractivity contribution in [2.75, 3.05) is 6.61 Å². The van der Waals surface area contributed by atoms with E-state index in [0.717, 1.165) is 5.56 Å². The van der Waals surface area contributed by atoms with Gasteiger partial charge in [-0.2, -0.15) is 0 Å². The second-order valence-electron chi connectivity index (χ2n) is 7.18. The maximum absolute atomic E-state index is 12.7. The summed E-state index contributed by atoms with van der Waals surface area (Å²) >= 11 is 0. The lowest BCUT2D eigenvalue weighted by atomic mass is 9.88. The third kappa shape index (κ3) is 5.14. The summed E-state index contributed by atoms with van der Waals surface area (Å²) in [6, 6.07) is 12.4. The molecule has 0 radical (unpaired) electrons. The van der Waals surface area contributed by atoms with Crippen molar-refractivity contribution >= 4 is 17.4 Å². The predicted molar refractivity (Wildman–Crippen MR) is 107 cm³/mol. The van der Waals surface area contributed by atoms with Gasteiger partial charge in [0.2, 0.25) is 0 Å². The number of ether oxygens (including phenoxy) is 3. The van der Waals surface area contributed by atoms with Gasteiger partial charge in [-0.25, -0.2) is 4.85 Å². The van der Waals surface area contributed by atoms with E-state index in [1.807, 2.05) is 19.1 Å². The van der Waals surface area contributed by atoms with Crippen LogP contribution in [0.2, 0.25) is 0 Å². The second-order valence-corrected chi connectivity index (χ2v) is 7.18. The molecule has 3 rings (SSSR count). The van der Waals surface area contributed by atoms with Crippen molar-refractivity contribution in [3.63, 3.8) is 0 Å². The smallest absolute Gasteiger partial charge is 0.305 e. The molecule has 150 valence electrons. The topological polar surface area (TPSA) is 66.2 Å². The maximum Gasteiger partial charge on any atom is 0.305 e. The Kier molecular flexibility index (Phi) is 6.18. The summed E-state index contributed by atoms with van der Waals surface area (Å²) in [6.07, 6.45) is 0.817. The van der Waals surface area contributed by atoms with Crippen molar-refractivity contribution in [2.24, 2.45) is 0 Å². The van der Waals surface area contributed by atoms with E-state index in [9.17, 15) is 9.59 Å². The van der Waals surface area contributed by atoms with Crippen LogP contribution < -0.4 is 9.47 Å². The average Bonchev–Trinajstić information content (AvgIpc) is 2.72. The molecule has 0 amide bonds. The van der Waals surface area contributed by atoms with Crippen LogP contribution in [0, 0.1) is 6.57 Å². The number of Topliss-reactive ketones (excluding diaryl/α,β-unsaturated/α-hetero) is 1. The second kappa shape index (κ2) is 8.78. The Morgan fingerprint density at radius 2 is 2.00 bits per heavy atom. The Balaban J connectivity index is 1.65. The molecule has 0 bridgehead atoms. The van der Waals surface area contributed by atoms with E-state index in [4.69, 9.17) is 20.8 Å². The lowest BCUT2D eigenvalue weighted by Gasteiger charge is -2.35. The quantitative estimate of drug-likeness (QED) is 0.495. The van der Waals surface area contributed by atoms with Crippen LogP contribution in [0.5, 0.6) is 11.5 Å². The van der Waals surface area contributed by atoms with E-state index in [0.29, 0.717) is 42.4 Å². The van der Waals surface area contributed by atoms with E-state index in [1.165, 1.54) is 0 Å². The molecule has 1 atom stereocenters. The van der Waals surface area contributed by atoms with Gasteiger partial charge in [0.25, 0.3) is 0 Å². The number of carbonyl (C=O) groups excluding carboxylic acids is 2. The van der Waals surface area contributed by atoms with Crippen LogP contribution in [0.1, 0.15) is 49.0 Å². The number of esters is 1. The molecular formula is C23H23NO5. The third-order valence-electron chi connectivity index (χ3n) is 4.78. The molecule has 1 heterocycles. The molecular weight excluding hydrogens is 370 g/mol. The van der Waals surface area contributed by atoms with Crippen molar-refractivity contribution in [3.8, 4) is 11.5 Å². The first kappa shape index (κ1) is 20.4. The minimum absolute atomic E-state index is 0.0375. The molecule has 0 fully saturated rings. The van der Waals surface area contributed by atoms with Crippen LogP contribution in [-0.4, -0.2) is 24.0 Å². The van der Waals surface area contributed by atoms with E-state index in [2.05, 4.69) is 4.85 Å². The number of hydrogen-bond acceptors (Lipinski definition) is 5. The number of hydrogen-bond donors (Lipinski definition) is 0. The zero-order valence-corrected chi connectivity index (χ0v) is 16.6. The Morgan fingerprint density at radius 1 is 1.24 bits per heavy atom. The van der Waals surface area contributed by atoms with E-state index in [-0.39, 0.29) is 24.6 Å². The Hall–Kier alpha value is -3.33. The third-order valence-corrected chi connectivity index (χ3v) is 4.78. The van der Waals surface area contributed by atoms with Crippen LogP contribution in [-0.2, 0) is 16.1 Å². The van der Waals surface area contributed by atoms with Gasteiger partial charge in [-0.3, -0.25) is 9.59 Å². The molecule has 2 aromatic carbocycles. The molecule has 1 aliphatic rings. The minimum Gasteiger partial charge on any atom is -0.489 e. The van der Waals surface area contributed by atoms with Gasteiger partial charge in [0.15, 0.2) is 11.5 Å². The molecule has 0 N–H and O–H groups in total. The molecule has 1 unspecified atom stereocenters. The summed E-state index contributed by atoms with van der Waals surface area (Å²) in [5.74, 6) is 0.750. The van der Waals surface area contributed by atoms with Gasteiger partial charge >= 0.3 is 5.97 Å². The van der Waals surface area contributed by atoms with E-state index >= 15 is 0 Å². The van der Waals surface area contributed by atoms with Gasteiger partial charge in [-0.05, 0) is 44.0 Å². The minimum atomic E-state index is -0.732. The monoisotopic (exact) mass is 393 g/mol. The van der Waals surface area contributed by atoms with Gasteiger partial charge in [-0.1, -0.05) is 24.3 Å². The summed E-state index contributed by atoms with van der Waals surface area (Å²) in [5.41, 5.74) is 1.27. The summed E-state index contributed by atoms with van der Waals surface area (Å²) in [6.45, 7) is 11.3. The van der Waals surface area contributed by atoms with Crippen molar-refractivity contribution in [1.82, 2.24) is 0 Å². The highest BCUT2D eigenvalue weighted by atomic mass is 16.5. The molecule has 6 heteroatoms. The van der Waals surface area contributed by atoms with Crippen molar-refractivity contribution < 1.29 is 23.8 Å². The van der Waals surface area contributed by atoms with Gasteiger partial charge in [0.1, 0.15) is 23.7 Å². The summed E-state index contributed by atoms with van der Waals surface area (Å²) < 4.78 is 16.8. The van der Waals surface area contributed by atoms with Crippen molar-refractivity contribution in [3.05, 3.63) is 65.0 Å². The highest BCUT2D eigenvalue weighted by Gasteiger charge is 2.37. The highest BCUT2D eigenvalue weighted by Crippen LogP contribution is 2.37. The number of rotatable bonds is 7. The van der Waals surface area contributed by atoms with Crippen molar-refractivity contribution in [2.45, 2.75) is 45.3 Å². The Labute approximate surface area is 170 Å². The van der Waals surface area contributed by atoms with Gasteiger partial charge in [0.05, 0.1) is 25.2 Å². The van der Waals surface area contributed by atoms with Crippen LogP contribution in [0.3, 0.4) is 0 Å². The standard InChI is InChI=1S/C23H23NO5/c1-4-27-22(26)11-12-23(2)14-20(25)19-13-18(9-10-21(19)29-23)28-15-16-5-7-17(24-3)8-6-16/h5-10,13H,4,11-12,14-15H2,1-2H3. The highest BCUT2D eigenvalue weighted by molar-refractivity contribution is 6.00. The number of ketones is 1. The first-order valence-electron chi connectivity index (χ1n) is 9.53. The maximum atomic E-state index is 12.7. The molecule has 0 aliphatic carbocycles. The first-order chi connectivity index (χ1) is 13.9. The number of benzene rings is 2. The zero-order chi connectivity index (χ0) is 20.9. The van der Waals surface area contributed by atoms with Crippen LogP contribution in [0.15, 0.2) is 42.5 Å². The van der Waals surface area contributed by atoms with Crippen LogP contribution >= 0.6 is 0 Å². The summed E-state index contributed by atoms with van der Waals surface area (Å²) in [4.78, 5) is 27.7. The Morgan fingerprint density at radius 3 is 2.69 bits per heavy atom. The lowest BCUT2D eigenvalue weighted by molar-refractivity contribution is -0.144. The first-order valence-corrected chi connectivity index (χ1v) is 9.53. The summed E-state index contributed by atoms with van der Waals surface area (Å²) in [7, 11) is 0. The van der Waals surface area contributed by atoms with Crippen LogP contribution in [0.25, 0.3) is 4.85 Å². The van der Waals surface area contributed by atoms with E-state index < -0.39 is 5.60 Å². The fourth-order valence-electron chi connectivity index (χ4n) is 3.21. The Bertz CT molecular complexity index is 945. The number of nitrogens with zero attached hydrogens (tertiary/aromatic N) is 1. The molecule has 29 heavy (non-hydrogen) atoms. The molecule has 0 saturated heterocycles. The number of fused-ring (bicyclic) bond motifs is 1. The molecule has 1 aliphatic heterocycles. The normalized spacial score (nSPS) is 17.6. The fraction of sp³-hybridized carbons (Fsp3) is 0.348. The van der Waals surface area contributed by atoms with Gasteiger partial charge in [0, 0.05) is 6.42 Å².